The lowest BCUT2D eigenvalue weighted by atomic mass is 9.96. The average molecular weight is 188 g/mol. The van der Waals surface area contributed by atoms with Crippen molar-refractivity contribution in [1.82, 2.24) is 0 Å². The first-order valence-corrected chi connectivity index (χ1v) is 5.40. The van der Waals surface area contributed by atoms with Crippen LogP contribution in [0.15, 0.2) is 24.3 Å². The maximum Gasteiger partial charge on any atom is 0.133 e. The van der Waals surface area contributed by atoms with E-state index in [-0.39, 0.29) is 0 Å². The maximum atomic E-state index is 11.1. The second-order valence-electron chi connectivity index (χ2n) is 4.07. The molecule has 1 saturated carbocycles. The van der Waals surface area contributed by atoms with Crippen LogP contribution in [0.5, 0.6) is 0 Å². The molecule has 0 radical (unpaired) electrons. The van der Waals surface area contributed by atoms with Crippen molar-refractivity contribution in [2.45, 2.75) is 38.5 Å². The van der Waals surface area contributed by atoms with E-state index >= 15 is 0 Å². The van der Waals surface area contributed by atoms with Crippen molar-refractivity contribution in [2.75, 3.05) is 0 Å². The molecule has 0 aromatic heterocycles. The van der Waals surface area contributed by atoms with Crippen molar-refractivity contribution in [3.8, 4) is 0 Å². The SMILES string of the molecule is CCc1ccc(C2CCC(=O)C2)cc1. The van der Waals surface area contributed by atoms with Gasteiger partial charge in [-0.3, -0.25) is 4.79 Å². The van der Waals surface area contributed by atoms with Crippen molar-refractivity contribution < 1.29 is 4.79 Å². The molecule has 1 aromatic carbocycles. The third-order valence-electron chi connectivity index (χ3n) is 3.11. The summed E-state index contributed by atoms with van der Waals surface area (Å²) in [4.78, 5) is 11.1. The molecule has 0 aliphatic heterocycles. The first kappa shape index (κ1) is 9.45. The van der Waals surface area contributed by atoms with Crippen LogP contribution in [0, 0.1) is 0 Å². The van der Waals surface area contributed by atoms with Crippen LogP contribution >= 0.6 is 0 Å². The Kier molecular flexibility index (Phi) is 2.67. The van der Waals surface area contributed by atoms with Gasteiger partial charge in [0.25, 0.3) is 0 Å². The molecule has 0 heterocycles. The molecule has 1 aromatic rings. The van der Waals surface area contributed by atoms with Gasteiger partial charge in [-0.15, -0.1) is 0 Å². The van der Waals surface area contributed by atoms with Crippen molar-refractivity contribution >= 4 is 5.78 Å². The Balaban J connectivity index is 2.13. The van der Waals surface area contributed by atoms with Crippen molar-refractivity contribution in [3.05, 3.63) is 35.4 Å². The third-order valence-corrected chi connectivity index (χ3v) is 3.11. The fraction of sp³-hybridized carbons (Fsp3) is 0.462. The lowest BCUT2D eigenvalue weighted by Crippen LogP contribution is -1.94. The highest BCUT2D eigenvalue weighted by atomic mass is 16.1. The quantitative estimate of drug-likeness (QED) is 0.697. The van der Waals surface area contributed by atoms with Gasteiger partial charge in [0.2, 0.25) is 0 Å². The zero-order valence-corrected chi connectivity index (χ0v) is 8.62. The van der Waals surface area contributed by atoms with Crippen LogP contribution in [0.4, 0.5) is 0 Å². The molecule has 14 heavy (non-hydrogen) atoms. The number of hydrogen-bond acceptors (Lipinski definition) is 1. The third kappa shape index (κ3) is 1.87. The Morgan fingerprint density at radius 2 is 2.00 bits per heavy atom. The summed E-state index contributed by atoms with van der Waals surface area (Å²) in [7, 11) is 0. The summed E-state index contributed by atoms with van der Waals surface area (Å²) in [5.74, 6) is 0.919. The lowest BCUT2D eigenvalue weighted by Gasteiger charge is -2.08. The zero-order chi connectivity index (χ0) is 9.97. The van der Waals surface area contributed by atoms with Crippen molar-refractivity contribution in [3.63, 3.8) is 0 Å². The molecule has 0 amide bonds. The van der Waals surface area contributed by atoms with Crippen LogP contribution in [0.2, 0.25) is 0 Å². The second kappa shape index (κ2) is 3.95. The molecular weight excluding hydrogens is 172 g/mol. The topological polar surface area (TPSA) is 17.1 Å². The van der Waals surface area contributed by atoms with Gasteiger partial charge in [-0.2, -0.15) is 0 Å². The molecule has 1 aliphatic rings. The summed E-state index contributed by atoms with van der Waals surface area (Å²) in [6.45, 7) is 2.16. The van der Waals surface area contributed by atoms with Gasteiger partial charge in [-0.25, -0.2) is 0 Å². The molecule has 1 nitrogen and oxygen atoms in total. The van der Waals surface area contributed by atoms with Gasteiger partial charge in [0, 0.05) is 12.8 Å². The molecule has 1 atom stereocenters. The first-order valence-electron chi connectivity index (χ1n) is 5.40. The molecule has 2 rings (SSSR count). The highest BCUT2D eigenvalue weighted by Crippen LogP contribution is 2.31. The predicted molar refractivity (Wildman–Crippen MR) is 57.4 cm³/mol. The van der Waals surface area contributed by atoms with E-state index in [9.17, 15) is 4.79 Å². The molecule has 0 N–H and O–H groups in total. The first-order chi connectivity index (χ1) is 6.79. The number of carbonyl (C=O) groups excluding carboxylic acids is 1. The number of rotatable bonds is 2. The Bertz CT molecular complexity index is 324. The van der Waals surface area contributed by atoms with Crippen molar-refractivity contribution in [1.29, 1.82) is 0 Å². The lowest BCUT2D eigenvalue weighted by molar-refractivity contribution is -0.117. The van der Waals surface area contributed by atoms with Crippen LogP contribution in [0.3, 0.4) is 0 Å². The maximum absolute atomic E-state index is 11.1. The minimum Gasteiger partial charge on any atom is -0.300 e. The summed E-state index contributed by atoms with van der Waals surface area (Å²) in [5.41, 5.74) is 2.71. The van der Waals surface area contributed by atoms with Gasteiger partial charge in [-0.05, 0) is 29.9 Å². The molecule has 74 valence electrons. The Morgan fingerprint density at radius 3 is 2.50 bits per heavy atom. The number of carbonyl (C=O) groups is 1. The monoisotopic (exact) mass is 188 g/mol. The summed E-state index contributed by atoms with van der Waals surface area (Å²) in [6, 6.07) is 8.72. The van der Waals surface area contributed by atoms with Gasteiger partial charge in [-0.1, -0.05) is 31.2 Å². The van der Waals surface area contributed by atoms with E-state index in [0.29, 0.717) is 11.7 Å². The number of benzene rings is 1. The summed E-state index contributed by atoms with van der Waals surface area (Å²) >= 11 is 0. The normalized spacial score (nSPS) is 21.5. The van der Waals surface area contributed by atoms with Gasteiger partial charge in [0.15, 0.2) is 0 Å². The van der Waals surface area contributed by atoms with E-state index in [0.717, 1.165) is 25.7 Å². The average Bonchev–Trinajstić information content (AvgIpc) is 2.65. The Morgan fingerprint density at radius 1 is 1.29 bits per heavy atom. The summed E-state index contributed by atoms with van der Waals surface area (Å²) in [6.07, 6.45) is 3.67. The minimum absolute atomic E-state index is 0.426. The molecule has 1 heteroatoms. The van der Waals surface area contributed by atoms with E-state index in [1.165, 1.54) is 11.1 Å². The molecule has 1 fully saturated rings. The molecule has 1 unspecified atom stereocenters. The van der Waals surface area contributed by atoms with E-state index < -0.39 is 0 Å². The van der Waals surface area contributed by atoms with E-state index in [1.807, 2.05) is 0 Å². The zero-order valence-electron chi connectivity index (χ0n) is 8.62. The molecule has 1 aliphatic carbocycles. The van der Waals surface area contributed by atoms with Crippen LogP contribution in [0.1, 0.15) is 43.2 Å². The fourth-order valence-corrected chi connectivity index (χ4v) is 2.12. The molecular formula is C13H16O. The summed E-state index contributed by atoms with van der Waals surface area (Å²) < 4.78 is 0. The van der Waals surface area contributed by atoms with Crippen LogP contribution in [-0.2, 0) is 11.2 Å². The van der Waals surface area contributed by atoms with Gasteiger partial charge < -0.3 is 0 Å². The molecule has 0 spiro atoms. The largest absolute Gasteiger partial charge is 0.300 e. The van der Waals surface area contributed by atoms with Crippen LogP contribution in [-0.4, -0.2) is 5.78 Å². The predicted octanol–water partition coefficient (Wildman–Crippen LogP) is 3.09. The number of aryl methyl sites for hydroxylation is 1. The Labute approximate surface area is 85.1 Å². The standard InChI is InChI=1S/C13H16O/c1-2-10-3-5-11(6-4-10)12-7-8-13(14)9-12/h3-6,12H,2,7-9H2,1H3. The van der Waals surface area contributed by atoms with E-state index in [1.54, 1.807) is 0 Å². The van der Waals surface area contributed by atoms with Gasteiger partial charge in [0.05, 0.1) is 0 Å². The smallest absolute Gasteiger partial charge is 0.133 e. The molecule has 0 saturated heterocycles. The highest BCUT2D eigenvalue weighted by molar-refractivity contribution is 5.81. The van der Waals surface area contributed by atoms with Crippen molar-refractivity contribution in [2.24, 2.45) is 0 Å². The number of Topliss-reactive ketones (excluding diaryl/α,β-unsaturated/α-hetero) is 1. The Hall–Kier alpha value is -1.11. The van der Waals surface area contributed by atoms with Gasteiger partial charge in [0.1, 0.15) is 5.78 Å². The highest BCUT2D eigenvalue weighted by Gasteiger charge is 2.22. The molecule has 0 bridgehead atoms. The second-order valence-corrected chi connectivity index (χ2v) is 4.07. The minimum atomic E-state index is 0.426. The van der Waals surface area contributed by atoms with E-state index in [4.69, 9.17) is 0 Å². The fourth-order valence-electron chi connectivity index (χ4n) is 2.12. The van der Waals surface area contributed by atoms with Crippen LogP contribution < -0.4 is 0 Å². The number of hydrogen-bond donors (Lipinski definition) is 0. The summed E-state index contributed by atoms with van der Waals surface area (Å²) in [5, 5.41) is 0. The van der Waals surface area contributed by atoms with Gasteiger partial charge >= 0.3 is 0 Å². The van der Waals surface area contributed by atoms with E-state index in [2.05, 4.69) is 31.2 Å². The number of ketones is 1. The van der Waals surface area contributed by atoms with Crippen LogP contribution in [0.25, 0.3) is 0 Å².